The minimum atomic E-state index is -0.389. The maximum atomic E-state index is 11.2. The average molecular weight is 194 g/mol. The number of halogens is 1. The maximum absolute atomic E-state index is 11.2. The van der Waals surface area contributed by atoms with E-state index in [1.165, 1.54) is 0 Å². The van der Waals surface area contributed by atoms with E-state index in [9.17, 15) is 4.79 Å². The highest BCUT2D eigenvalue weighted by atomic mass is 35.5. The highest BCUT2D eigenvalue weighted by Gasteiger charge is 2.24. The number of amides is 1. The lowest BCUT2D eigenvalue weighted by molar-refractivity contribution is -0.131. The third kappa shape index (κ3) is 2.62. The van der Waals surface area contributed by atoms with Crippen molar-refractivity contribution in [1.82, 2.24) is 4.90 Å². The summed E-state index contributed by atoms with van der Waals surface area (Å²) < 4.78 is 0. The van der Waals surface area contributed by atoms with E-state index in [4.69, 9.17) is 11.5 Å². The minimum Gasteiger partial charge on any atom is -0.340 e. The quantitative estimate of drug-likeness (QED) is 0.580. The monoisotopic (exact) mass is 193 g/mol. The van der Waals surface area contributed by atoms with Crippen molar-refractivity contribution in [2.75, 3.05) is 13.1 Å². The Kier molecular flexibility index (Phi) is 4.52. The van der Waals surface area contributed by atoms with Crippen molar-refractivity contribution >= 4 is 18.3 Å². The number of nitrogens with two attached hydrogens (primary N) is 2. The Morgan fingerprint density at radius 3 is 2.58 bits per heavy atom. The first-order valence-corrected chi connectivity index (χ1v) is 3.91. The van der Waals surface area contributed by atoms with E-state index >= 15 is 0 Å². The van der Waals surface area contributed by atoms with Gasteiger partial charge in [-0.1, -0.05) is 0 Å². The second kappa shape index (κ2) is 4.64. The molecule has 0 bridgehead atoms. The van der Waals surface area contributed by atoms with Gasteiger partial charge in [-0.2, -0.15) is 0 Å². The summed E-state index contributed by atoms with van der Waals surface area (Å²) >= 11 is 0. The summed E-state index contributed by atoms with van der Waals surface area (Å²) in [6.45, 7) is 3.13. The molecule has 2 atom stereocenters. The van der Waals surface area contributed by atoms with Crippen LogP contribution in [0, 0.1) is 0 Å². The van der Waals surface area contributed by atoms with Crippen LogP contribution in [-0.2, 0) is 4.79 Å². The fraction of sp³-hybridized carbons (Fsp3) is 0.857. The van der Waals surface area contributed by atoms with Gasteiger partial charge < -0.3 is 16.4 Å². The summed E-state index contributed by atoms with van der Waals surface area (Å²) in [4.78, 5) is 13.0. The van der Waals surface area contributed by atoms with E-state index in [-0.39, 0.29) is 30.4 Å². The second-order valence-corrected chi connectivity index (χ2v) is 3.12. The molecule has 1 saturated heterocycles. The smallest absolute Gasteiger partial charge is 0.239 e. The van der Waals surface area contributed by atoms with Gasteiger partial charge in [0.1, 0.15) is 0 Å². The highest BCUT2D eigenvalue weighted by Crippen LogP contribution is 2.07. The molecule has 1 heterocycles. The summed E-state index contributed by atoms with van der Waals surface area (Å²) in [6, 6.07) is -0.238. The molecule has 4 N–H and O–H groups in total. The van der Waals surface area contributed by atoms with Crippen LogP contribution in [0.3, 0.4) is 0 Å². The topological polar surface area (TPSA) is 72.4 Å². The summed E-state index contributed by atoms with van der Waals surface area (Å²) in [7, 11) is 0. The van der Waals surface area contributed by atoms with Gasteiger partial charge in [0.05, 0.1) is 6.04 Å². The van der Waals surface area contributed by atoms with E-state index in [0.717, 1.165) is 13.0 Å². The van der Waals surface area contributed by atoms with Gasteiger partial charge >= 0.3 is 0 Å². The Hall–Kier alpha value is -0.320. The van der Waals surface area contributed by atoms with Gasteiger partial charge in [0.2, 0.25) is 5.91 Å². The summed E-state index contributed by atoms with van der Waals surface area (Å²) in [5, 5.41) is 0. The molecule has 0 saturated carbocycles. The first-order chi connectivity index (χ1) is 5.11. The van der Waals surface area contributed by atoms with E-state index in [2.05, 4.69) is 0 Å². The van der Waals surface area contributed by atoms with Crippen LogP contribution in [0.1, 0.15) is 13.3 Å². The van der Waals surface area contributed by atoms with Crippen LogP contribution in [0.15, 0.2) is 0 Å². The Labute approximate surface area is 78.7 Å². The fourth-order valence-corrected chi connectivity index (χ4v) is 1.28. The van der Waals surface area contributed by atoms with Crippen molar-refractivity contribution in [2.45, 2.75) is 25.4 Å². The molecule has 0 unspecified atom stereocenters. The van der Waals surface area contributed by atoms with Crippen LogP contribution in [0.4, 0.5) is 0 Å². The molecule has 0 aromatic rings. The summed E-state index contributed by atoms with van der Waals surface area (Å²) in [5.74, 6) is 0.0120. The van der Waals surface area contributed by atoms with Crippen molar-refractivity contribution in [3.8, 4) is 0 Å². The molecule has 4 nitrogen and oxygen atoms in total. The molecule has 0 aromatic heterocycles. The molecular weight excluding hydrogens is 178 g/mol. The molecule has 5 heteroatoms. The standard InChI is InChI=1S/C7H15N3O.ClH/c1-5(8)7(11)10-3-2-6(9)4-10;/h5-6H,2-4,8-9H2,1H3;1H/t5-,6-;/m1./s1. The van der Waals surface area contributed by atoms with Crippen molar-refractivity contribution in [2.24, 2.45) is 11.5 Å². The normalized spacial score (nSPS) is 24.9. The van der Waals surface area contributed by atoms with Crippen molar-refractivity contribution in [1.29, 1.82) is 0 Å². The number of nitrogens with zero attached hydrogens (tertiary/aromatic N) is 1. The fourth-order valence-electron chi connectivity index (χ4n) is 1.28. The van der Waals surface area contributed by atoms with Gasteiger partial charge in [0.15, 0.2) is 0 Å². The molecule has 12 heavy (non-hydrogen) atoms. The molecule has 1 amide bonds. The zero-order chi connectivity index (χ0) is 8.43. The number of rotatable bonds is 1. The molecule has 72 valence electrons. The molecule has 0 aliphatic carbocycles. The third-order valence-corrected chi connectivity index (χ3v) is 1.93. The maximum Gasteiger partial charge on any atom is 0.239 e. The molecule has 1 aliphatic rings. The SMILES string of the molecule is C[C@@H](N)C(=O)N1CC[C@@H](N)C1.Cl. The minimum absolute atomic E-state index is 0. The van der Waals surface area contributed by atoms with Gasteiger partial charge in [-0.25, -0.2) is 0 Å². The Morgan fingerprint density at radius 2 is 2.25 bits per heavy atom. The Morgan fingerprint density at radius 1 is 1.67 bits per heavy atom. The number of carbonyl (C=O) groups is 1. The summed E-state index contributed by atoms with van der Waals surface area (Å²) in [5.41, 5.74) is 11.1. The van der Waals surface area contributed by atoms with Gasteiger partial charge in [-0.3, -0.25) is 4.79 Å². The van der Waals surface area contributed by atoms with Gasteiger partial charge in [-0.05, 0) is 13.3 Å². The number of carbonyl (C=O) groups excluding carboxylic acids is 1. The zero-order valence-corrected chi connectivity index (χ0v) is 8.01. The third-order valence-electron chi connectivity index (χ3n) is 1.93. The Balaban J connectivity index is 0.00000121. The van der Waals surface area contributed by atoms with Crippen LogP contribution in [0.5, 0.6) is 0 Å². The van der Waals surface area contributed by atoms with Crippen molar-refractivity contribution in [3.05, 3.63) is 0 Å². The van der Waals surface area contributed by atoms with E-state index in [1.807, 2.05) is 0 Å². The van der Waals surface area contributed by atoms with E-state index < -0.39 is 0 Å². The lowest BCUT2D eigenvalue weighted by Gasteiger charge is -2.17. The van der Waals surface area contributed by atoms with E-state index in [1.54, 1.807) is 11.8 Å². The van der Waals surface area contributed by atoms with Crippen LogP contribution in [0.25, 0.3) is 0 Å². The van der Waals surface area contributed by atoms with Gasteiger partial charge in [-0.15, -0.1) is 12.4 Å². The highest BCUT2D eigenvalue weighted by molar-refractivity contribution is 5.85. The first-order valence-electron chi connectivity index (χ1n) is 3.91. The van der Waals surface area contributed by atoms with Gasteiger partial charge in [0, 0.05) is 19.1 Å². The molecule has 0 aromatic carbocycles. The van der Waals surface area contributed by atoms with Gasteiger partial charge in [0.25, 0.3) is 0 Å². The molecular formula is C7H16ClN3O. The molecule has 1 aliphatic heterocycles. The first kappa shape index (κ1) is 11.7. The van der Waals surface area contributed by atoms with E-state index in [0.29, 0.717) is 6.54 Å². The average Bonchev–Trinajstić information content (AvgIpc) is 2.34. The number of hydrogen-bond acceptors (Lipinski definition) is 3. The van der Waals surface area contributed by atoms with Crippen molar-refractivity contribution < 1.29 is 4.79 Å². The lowest BCUT2D eigenvalue weighted by atomic mass is 10.3. The van der Waals surface area contributed by atoms with Crippen LogP contribution in [-0.4, -0.2) is 36.0 Å². The van der Waals surface area contributed by atoms with Crippen LogP contribution < -0.4 is 11.5 Å². The van der Waals surface area contributed by atoms with Crippen LogP contribution in [0.2, 0.25) is 0 Å². The lowest BCUT2D eigenvalue weighted by Crippen LogP contribution is -2.41. The largest absolute Gasteiger partial charge is 0.340 e. The zero-order valence-electron chi connectivity index (χ0n) is 7.19. The second-order valence-electron chi connectivity index (χ2n) is 3.12. The Bertz CT molecular complexity index is 163. The van der Waals surface area contributed by atoms with Crippen LogP contribution >= 0.6 is 12.4 Å². The predicted octanol–water partition coefficient (Wildman–Crippen LogP) is -0.685. The number of hydrogen-bond donors (Lipinski definition) is 2. The van der Waals surface area contributed by atoms with Crippen molar-refractivity contribution in [3.63, 3.8) is 0 Å². The molecule has 0 radical (unpaired) electrons. The number of likely N-dealkylation sites (tertiary alicyclic amines) is 1. The predicted molar refractivity (Wildman–Crippen MR) is 50.1 cm³/mol. The summed E-state index contributed by atoms with van der Waals surface area (Å²) in [6.07, 6.45) is 0.901. The molecule has 1 fully saturated rings. The molecule has 1 rings (SSSR count). The molecule has 0 spiro atoms.